The van der Waals surface area contributed by atoms with E-state index < -0.39 is 0 Å². The van der Waals surface area contributed by atoms with Gasteiger partial charge in [0.2, 0.25) is 5.95 Å². The molecule has 5 rings (SSSR count). The number of hydrogen-bond acceptors (Lipinski definition) is 6. The molecule has 0 N–H and O–H groups in total. The summed E-state index contributed by atoms with van der Waals surface area (Å²) in [6.45, 7) is 9.05. The first-order valence-electron chi connectivity index (χ1n) is 11.1. The molecule has 164 valence electrons. The standard InChI is InChI=1S/C25H27N5O2/c1-3-9-26-21(4-2)19-15-27-24(28-16-19)30-17-25(7-8-25)20-6-5-18(14-22(20)30)23(31)29-10-12-32-13-11-29/h3-6,9,14-16H,2,7-8,10-13,17H2,1H3/b9-3-,26-21?. The smallest absolute Gasteiger partial charge is 0.254 e. The van der Waals surface area contributed by atoms with Crippen LogP contribution in [0.2, 0.25) is 0 Å². The molecule has 0 bridgehead atoms. The van der Waals surface area contributed by atoms with E-state index in [2.05, 4.69) is 32.5 Å². The summed E-state index contributed by atoms with van der Waals surface area (Å²) in [7, 11) is 0. The summed E-state index contributed by atoms with van der Waals surface area (Å²) in [5.74, 6) is 0.698. The van der Waals surface area contributed by atoms with Crippen LogP contribution >= 0.6 is 0 Å². The van der Waals surface area contributed by atoms with Gasteiger partial charge in [0.25, 0.3) is 5.91 Å². The van der Waals surface area contributed by atoms with Crippen molar-refractivity contribution < 1.29 is 9.53 Å². The highest BCUT2D eigenvalue weighted by molar-refractivity contribution is 6.08. The fraction of sp³-hybridized carbons (Fsp3) is 0.360. The average Bonchev–Trinajstić information content (AvgIpc) is 3.56. The van der Waals surface area contributed by atoms with Crippen molar-refractivity contribution in [1.82, 2.24) is 14.9 Å². The third kappa shape index (κ3) is 3.62. The van der Waals surface area contributed by atoms with Crippen LogP contribution in [-0.4, -0.2) is 59.3 Å². The molecular formula is C25H27N5O2. The zero-order valence-corrected chi connectivity index (χ0v) is 18.3. The van der Waals surface area contributed by atoms with Crippen LogP contribution in [0.5, 0.6) is 0 Å². The normalized spacial score (nSPS) is 19.5. The van der Waals surface area contributed by atoms with E-state index >= 15 is 0 Å². The minimum atomic E-state index is 0.0554. The Morgan fingerprint density at radius 1 is 1.19 bits per heavy atom. The SMILES string of the molecule is C=CC(=N/C=C\C)c1cnc(N2CC3(CC3)c3ccc(C(=O)N4CCOCC4)cc32)nc1. The average molecular weight is 430 g/mol. The van der Waals surface area contributed by atoms with E-state index in [4.69, 9.17) is 4.74 Å². The number of nitrogens with zero attached hydrogens (tertiary/aromatic N) is 5. The highest BCUT2D eigenvalue weighted by Gasteiger charge is 2.52. The fourth-order valence-electron chi connectivity index (χ4n) is 4.51. The second-order valence-electron chi connectivity index (χ2n) is 8.48. The third-order valence-electron chi connectivity index (χ3n) is 6.45. The Hall–Kier alpha value is -3.32. The van der Waals surface area contributed by atoms with Crippen LogP contribution in [0.3, 0.4) is 0 Å². The highest BCUT2D eigenvalue weighted by Crippen LogP contribution is 2.57. The van der Waals surface area contributed by atoms with Crippen molar-refractivity contribution in [3.8, 4) is 0 Å². The lowest BCUT2D eigenvalue weighted by molar-refractivity contribution is 0.0303. The molecule has 7 nitrogen and oxygen atoms in total. The van der Waals surface area contributed by atoms with Crippen LogP contribution < -0.4 is 4.90 Å². The molecule has 32 heavy (non-hydrogen) atoms. The van der Waals surface area contributed by atoms with Crippen LogP contribution in [0, 0.1) is 0 Å². The molecule has 7 heteroatoms. The summed E-state index contributed by atoms with van der Waals surface area (Å²) >= 11 is 0. The largest absolute Gasteiger partial charge is 0.378 e. The second-order valence-corrected chi connectivity index (χ2v) is 8.48. The van der Waals surface area contributed by atoms with E-state index in [1.165, 1.54) is 5.56 Å². The molecule has 0 unspecified atom stereocenters. The summed E-state index contributed by atoms with van der Waals surface area (Å²) in [6.07, 6.45) is 11.2. The van der Waals surface area contributed by atoms with E-state index in [0.717, 1.165) is 36.3 Å². The van der Waals surface area contributed by atoms with Crippen molar-refractivity contribution in [2.45, 2.75) is 25.2 Å². The van der Waals surface area contributed by atoms with Crippen molar-refractivity contribution in [1.29, 1.82) is 0 Å². The predicted octanol–water partition coefficient (Wildman–Crippen LogP) is 3.64. The van der Waals surface area contributed by atoms with E-state index in [1.807, 2.05) is 30.0 Å². The van der Waals surface area contributed by atoms with Gasteiger partial charge in [-0.25, -0.2) is 9.97 Å². The Kier molecular flexibility index (Phi) is 5.35. The van der Waals surface area contributed by atoms with Gasteiger partial charge in [0.1, 0.15) is 0 Å². The monoisotopic (exact) mass is 429 g/mol. The van der Waals surface area contributed by atoms with E-state index in [0.29, 0.717) is 37.8 Å². The lowest BCUT2D eigenvalue weighted by atomic mass is 9.97. The van der Waals surface area contributed by atoms with Crippen LogP contribution in [0.25, 0.3) is 0 Å². The molecule has 2 fully saturated rings. The van der Waals surface area contributed by atoms with Gasteiger partial charge in [0.05, 0.1) is 18.9 Å². The number of aromatic nitrogens is 2. The molecule has 1 aromatic carbocycles. The number of carbonyl (C=O) groups is 1. The Bertz CT molecular complexity index is 1100. The van der Waals surface area contributed by atoms with Gasteiger partial charge in [-0.3, -0.25) is 9.79 Å². The molecule has 3 aliphatic rings. The molecule has 1 aromatic heterocycles. The second kappa shape index (κ2) is 8.31. The number of anilines is 2. The van der Waals surface area contributed by atoms with Gasteiger partial charge in [-0.2, -0.15) is 0 Å². The molecule has 0 atom stereocenters. The first-order chi connectivity index (χ1) is 15.6. The number of benzene rings is 1. The molecule has 1 amide bonds. The molecule has 1 saturated carbocycles. The maximum Gasteiger partial charge on any atom is 0.254 e. The number of morpholine rings is 1. The number of amides is 1. The number of aliphatic imine (C=N–C) groups is 1. The van der Waals surface area contributed by atoms with Gasteiger partial charge >= 0.3 is 0 Å². The summed E-state index contributed by atoms with van der Waals surface area (Å²) in [5, 5.41) is 0. The van der Waals surface area contributed by atoms with Crippen molar-refractivity contribution in [3.05, 3.63) is 72.2 Å². The van der Waals surface area contributed by atoms with Crippen LogP contribution in [-0.2, 0) is 10.2 Å². The molecule has 2 aromatic rings. The number of hydrogen-bond donors (Lipinski definition) is 0. The van der Waals surface area contributed by atoms with Crippen LogP contribution in [0.1, 0.15) is 41.3 Å². The maximum absolute atomic E-state index is 13.1. The number of carbonyl (C=O) groups excluding carboxylic acids is 1. The number of allylic oxidation sites excluding steroid dienone is 2. The van der Waals surface area contributed by atoms with Crippen LogP contribution in [0.15, 0.2) is 60.5 Å². The first kappa shape index (κ1) is 20.6. The van der Waals surface area contributed by atoms with Crippen molar-refractivity contribution >= 4 is 23.3 Å². The molecule has 1 saturated heterocycles. The van der Waals surface area contributed by atoms with Gasteiger partial charge in [0, 0.05) is 60.5 Å². The van der Waals surface area contributed by atoms with Crippen molar-refractivity contribution in [2.24, 2.45) is 4.99 Å². The topological polar surface area (TPSA) is 70.9 Å². The third-order valence-corrected chi connectivity index (χ3v) is 6.45. The Morgan fingerprint density at radius 3 is 2.59 bits per heavy atom. The molecule has 1 spiro atoms. The highest BCUT2D eigenvalue weighted by atomic mass is 16.5. The zero-order chi connectivity index (χ0) is 22.1. The fourth-order valence-corrected chi connectivity index (χ4v) is 4.51. The predicted molar refractivity (Wildman–Crippen MR) is 125 cm³/mol. The van der Waals surface area contributed by atoms with Gasteiger partial charge in [-0.05, 0) is 43.5 Å². The lowest BCUT2D eigenvalue weighted by Gasteiger charge is -2.27. The van der Waals surface area contributed by atoms with Crippen molar-refractivity contribution in [2.75, 3.05) is 37.7 Å². The number of ether oxygens (including phenoxy) is 1. The Balaban J connectivity index is 1.46. The molecular weight excluding hydrogens is 402 g/mol. The Labute approximate surface area is 188 Å². The van der Waals surface area contributed by atoms with E-state index in [9.17, 15) is 4.79 Å². The van der Waals surface area contributed by atoms with E-state index in [-0.39, 0.29) is 11.3 Å². The molecule has 3 heterocycles. The van der Waals surface area contributed by atoms with Crippen LogP contribution in [0.4, 0.5) is 11.6 Å². The van der Waals surface area contributed by atoms with E-state index in [1.54, 1.807) is 24.7 Å². The minimum absolute atomic E-state index is 0.0554. The molecule has 0 radical (unpaired) electrons. The Morgan fingerprint density at radius 2 is 1.94 bits per heavy atom. The van der Waals surface area contributed by atoms with Gasteiger partial charge < -0.3 is 14.5 Å². The maximum atomic E-state index is 13.1. The van der Waals surface area contributed by atoms with Gasteiger partial charge in [-0.15, -0.1) is 0 Å². The summed E-state index contributed by atoms with van der Waals surface area (Å²) in [4.78, 5) is 30.7. The number of fused-ring (bicyclic) bond motifs is 2. The minimum Gasteiger partial charge on any atom is -0.378 e. The summed E-state index contributed by atoms with van der Waals surface area (Å²) in [5.41, 5.74) is 4.76. The first-order valence-corrected chi connectivity index (χ1v) is 11.1. The summed E-state index contributed by atoms with van der Waals surface area (Å²) in [6, 6.07) is 6.11. The summed E-state index contributed by atoms with van der Waals surface area (Å²) < 4.78 is 5.39. The molecule has 2 aliphatic heterocycles. The quantitative estimate of drug-likeness (QED) is 0.679. The van der Waals surface area contributed by atoms with Crippen molar-refractivity contribution in [3.63, 3.8) is 0 Å². The lowest BCUT2D eigenvalue weighted by Crippen LogP contribution is -2.40. The number of rotatable bonds is 5. The van der Waals surface area contributed by atoms with Gasteiger partial charge in [-0.1, -0.05) is 18.7 Å². The molecule has 1 aliphatic carbocycles. The van der Waals surface area contributed by atoms with Gasteiger partial charge in [0.15, 0.2) is 0 Å². The zero-order valence-electron chi connectivity index (χ0n) is 18.3.